The highest BCUT2D eigenvalue weighted by Gasteiger charge is 2.34. The minimum absolute atomic E-state index is 0.175. The van der Waals surface area contributed by atoms with E-state index in [4.69, 9.17) is 5.26 Å². The second-order valence-electron chi connectivity index (χ2n) is 5.55. The number of hydrogen-bond acceptors (Lipinski definition) is 3. The van der Waals surface area contributed by atoms with E-state index in [1.165, 1.54) is 19.2 Å². The van der Waals surface area contributed by atoms with Gasteiger partial charge in [0.25, 0.3) is 0 Å². The van der Waals surface area contributed by atoms with Crippen LogP contribution in [0, 0.1) is 11.3 Å². The molecular formula is C18H12F3N3O2. The van der Waals surface area contributed by atoms with E-state index >= 15 is 0 Å². The summed E-state index contributed by atoms with van der Waals surface area (Å²) in [6.45, 7) is 0. The van der Waals surface area contributed by atoms with Crippen molar-refractivity contribution >= 4 is 0 Å². The SMILES string of the molecule is Cn1c(-c2ccccc2)c(O)n(-c2ccc(C#N)c(C(F)(F)F)c2)c1=O. The van der Waals surface area contributed by atoms with E-state index in [1.807, 2.05) is 0 Å². The molecule has 2 aromatic carbocycles. The Labute approximate surface area is 145 Å². The topological polar surface area (TPSA) is 70.9 Å². The standard InChI is InChI=1S/C18H12F3N3O2/c1-23-15(11-5-3-2-4-6-11)16(25)24(17(23)26)13-8-7-12(10-22)14(9-13)18(19,20)21/h2-9,25H,1H3. The fourth-order valence-corrected chi connectivity index (χ4v) is 2.75. The molecule has 0 unspecified atom stereocenters. The van der Waals surface area contributed by atoms with Gasteiger partial charge >= 0.3 is 11.9 Å². The molecule has 0 aliphatic heterocycles. The maximum absolute atomic E-state index is 13.2. The van der Waals surface area contributed by atoms with Crippen LogP contribution in [0.5, 0.6) is 5.88 Å². The molecule has 0 aliphatic carbocycles. The van der Waals surface area contributed by atoms with Crippen molar-refractivity contribution in [1.82, 2.24) is 9.13 Å². The second kappa shape index (κ2) is 6.11. The number of aromatic hydroxyl groups is 1. The lowest BCUT2D eigenvalue weighted by Gasteiger charge is -2.11. The number of halogens is 3. The molecule has 3 aromatic rings. The number of alkyl halides is 3. The smallest absolute Gasteiger partial charge is 0.417 e. The zero-order chi connectivity index (χ0) is 19.1. The van der Waals surface area contributed by atoms with Gasteiger partial charge in [-0.25, -0.2) is 9.36 Å². The van der Waals surface area contributed by atoms with Crippen LogP contribution in [0.1, 0.15) is 11.1 Å². The third-order valence-electron chi connectivity index (χ3n) is 3.97. The number of rotatable bonds is 2. The average molecular weight is 359 g/mol. The lowest BCUT2D eigenvalue weighted by Crippen LogP contribution is -2.21. The van der Waals surface area contributed by atoms with Crippen molar-refractivity contribution < 1.29 is 18.3 Å². The van der Waals surface area contributed by atoms with Crippen LogP contribution >= 0.6 is 0 Å². The van der Waals surface area contributed by atoms with Gasteiger partial charge in [0.15, 0.2) is 0 Å². The first-order valence-electron chi connectivity index (χ1n) is 7.43. The molecule has 0 atom stereocenters. The van der Waals surface area contributed by atoms with Crippen LogP contribution in [-0.4, -0.2) is 14.2 Å². The number of nitrogens with zero attached hydrogens (tertiary/aromatic N) is 3. The Morgan fingerprint density at radius 3 is 2.35 bits per heavy atom. The van der Waals surface area contributed by atoms with Gasteiger partial charge in [-0.15, -0.1) is 0 Å². The molecule has 5 nitrogen and oxygen atoms in total. The predicted molar refractivity (Wildman–Crippen MR) is 87.8 cm³/mol. The first-order valence-corrected chi connectivity index (χ1v) is 7.43. The Bertz CT molecular complexity index is 1070. The summed E-state index contributed by atoms with van der Waals surface area (Å²) < 4.78 is 41.5. The third-order valence-corrected chi connectivity index (χ3v) is 3.97. The highest BCUT2D eigenvalue weighted by atomic mass is 19.4. The van der Waals surface area contributed by atoms with Crippen LogP contribution in [-0.2, 0) is 13.2 Å². The molecule has 0 bridgehead atoms. The molecule has 0 fully saturated rings. The highest BCUT2D eigenvalue weighted by molar-refractivity contribution is 5.66. The Balaban J connectivity index is 2.27. The lowest BCUT2D eigenvalue weighted by molar-refractivity contribution is -0.137. The van der Waals surface area contributed by atoms with Crippen molar-refractivity contribution in [3.05, 3.63) is 70.1 Å². The van der Waals surface area contributed by atoms with Crippen molar-refractivity contribution in [3.63, 3.8) is 0 Å². The van der Waals surface area contributed by atoms with E-state index in [2.05, 4.69) is 0 Å². The average Bonchev–Trinajstić information content (AvgIpc) is 2.83. The number of nitriles is 1. The Kier molecular flexibility index (Phi) is 4.08. The molecule has 0 amide bonds. The van der Waals surface area contributed by atoms with E-state index in [0.29, 0.717) is 11.6 Å². The monoisotopic (exact) mass is 359 g/mol. The fourth-order valence-electron chi connectivity index (χ4n) is 2.75. The van der Waals surface area contributed by atoms with Crippen LogP contribution in [0.25, 0.3) is 16.9 Å². The van der Waals surface area contributed by atoms with Crippen molar-refractivity contribution in [2.45, 2.75) is 6.18 Å². The number of imidazole rings is 1. The molecule has 0 aliphatic rings. The van der Waals surface area contributed by atoms with Gasteiger partial charge in [-0.05, 0) is 18.2 Å². The molecule has 0 saturated heterocycles. The van der Waals surface area contributed by atoms with E-state index < -0.39 is 28.9 Å². The molecule has 8 heteroatoms. The van der Waals surface area contributed by atoms with E-state index in [0.717, 1.165) is 15.2 Å². The van der Waals surface area contributed by atoms with Crippen molar-refractivity contribution in [3.8, 4) is 28.9 Å². The number of benzene rings is 2. The summed E-state index contributed by atoms with van der Waals surface area (Å²) in [5, 5.41) is 19.4. The van der Waals surface area contributed by atoms with Gasteiger partial charge < -0.3 is 5.11 Å². The van der Waals surface area contributed by atoms with Gasteiger partial charge in [0.2, 0.25) is 5.88 Å². The summed E-state index contributed by atoms with van der Waals surface area (Å²) >= 11 is 0. The van der Waals surface area contributed by atoms with Crippen molar-refractivity contribution in [2.75, 3.05) is 0 Å². The van der Waals surface area contributed by atoms with Crippen LogP contribution in [0.2, 0.25) is 0 Å². The van der Waals surface area contributed by atoms with Gasteiger partial charge in [-0.2, -0.15) is 18.4 Å². The molecule has 26 heavy (non-hydrogen) atoms. The number of aromatic nitrogens is 2. The Morgan fingerprint density at radius 2 is 1.77 bits per heavy atom. The molecule has 1 heterocycles. The van der Waals surface area contributed by atoms with Crippen LogP contribution in [0.15, 0.2) is 53.3 Å². The molecule has 3 rings (SSSR count). The van der Waals surface area contributed by atoms with Crippen LogP contribution < -0.4 is 5.69 Å². The first-order chi connectivity index (χ1) is 12.3. The first kappa shape index (κ1) is 17.4. The van der Waals surface area contributed by atoms with Crippen molar-refractivity contribution in [1.29, 1.82) is 5.26 Å². The quantitative estimate of drug-likeness (QED) is 0.762. The minimum atomic E-state index is -4.77. The third kappa shape index (κ3) is 2.73. The molecule has 0 saturated carbocycles. The molecule has 132 valence electrons. The second-order valence-corrected chi connectivity index (χ2v) is 5.55. The normalized spacial score (nSPS) is 11.3. The van der Waals surface area contributed by atoms with Crippen LogP contribution in [0.3, 0.4) is 0 Å². The number of hydrogen-bond donors (Lipinski definition) is 1. The Morgan fingerprint density at radius 1 is 1.12 bits per heavy atom. The van der Waals surface area contributed by atoms with E-state index in [-0.39, 0.29) is 11.4 Å². The highest BCUT2D eigenvalue weighted by Crippen LogP contribution is 2.35. The maximum atomic E-state index is 13.2. The Hall–Kier alpha value is -3.47. The molecular weight excluding hydrogens is 347 g/mol. The van der Waals surface area contributed by atoms with Gasteiger partial charge in [0.1, 0.15) is 5.69 Å². The predicted octanol–water partition coefficient (Wildman–Crippen LogP) is 3.44. The molecule has 1 N–H and O–H groups in total. The van der Waals surface area contributed by atoms with E-state index in [9.17, 15) is 23.1 Å². The van der Waals surface area contributed by atoms with Gasteiger partial charge in [-0.1, -0.05) is 30.3 Å². The fraction of sp³-hybridized carbons (Fsp3) is 0.111. The summed E-state index contributed by atoms with van der Waals surface area (Å²) in [6.07, 6.45) is -4.77. The van der Waals surface area contributed by atoms with E-state index in [1.54, 1.807) is 30.3 Å². The van der Waals surface area contributed by atoms with Gasteiger partial charge in [-0.3, -0.25) is 4.57 Å². The van der Waals surface area contributed by atoms with Gasteiger partial charge in [0.05, 0.1) is 22.9 Å². The van der Waals surface area contributed by atoms with Gasteiger partial charge in [0, 0.05) is 12.6 Å². The zero-order valence-electron chi connectivity index (χ0n) is 13.4. The summed E-state index contributed by atoms with van der Waals surface area (Å²) in [6, 6.07) is 12.8. The molecule has 0 spiro atoms. The molecule has 0 radical (unpaired) electrons. The summed E-state index contributed by atoms with van der Waals surface area (Å²) in [5.41, 5.74) is -1.92. The summed E-state index contributed by atoms with van der Waals surface area (Å²) in [5.74, 6) is -0.485. The van der Waals surface area contributed by atoms with Crippen LogP contribution in [0.4, 0.5) is 13.2 Å². The maximum Gasteiger partial charge on any atom is 0.417 e. The van der Waals surface area contributed by atoms with Crippen molar-refractivity contribution in [2.24, 2.45) is 7.05 Å². The molecule has 1 aromatic heterocycles. The summed E-state index contributed by atoms with van der Waals surface area (Å²) in [4.78, 5) is 12.5. The zero-order valence-corrected chi connectivity index (χ0v) is 13.4. The summed E-state index contributed by atoms with van der Waals surface area (Å²) in [7, 11) is 1.41. The largest absolute Gasteiger partial charge is 0.493 e. The minimum Gasteiger partial charge on any atom is -0.493 e. The lowest BCUT2D eigenvalue weighted by atomic mass is 10.1.